The van der Waals surface area contributed by atoms with E-state index in [1.54, 1.807) is 24.3 Å². The highest BCUT2D eigenvalue weighted by molar-refractivity contribution is 6.30. The summed E-state index contributed by atoms with van der Waals surface area (Å²) in [7, 11) is 0. The molecule has 134 valence electrons. The first kappa shape index (κ1) is 18.0. The minimum absolute atomic E-state index is 0.282. The molecule has 0 radical (unpaired) electrons. The van der Waals surface area contributed by atoms with E-state index in [4.69, 9.17) is 16.4 Å². The van der Waals surface area contributed by atoms with E-state index in [1.165, 1.54) is 4.80 Å². The first-order valence-corrected chi connectivity index (χ1v) is 8.56. The first-order chi connectivity index (χ1) is 12.7. The van der Waals surface area contributed by atoms with Crippen LogP contribution in [0.5, 0.6) is 0 Å². The molecule has 3 rings (SSSR count). The van der Waals surface area contributed by atoms with Gasteiger partial charge in [-0.3, -0.25) is 9.63 Å². The molecule has 0 aliphatic heterocycles. The van der Waals surface area contributed by atoms with Gasteiger partial charge in [0.2, 0.25) is 5.82 Å². The molecule has 1 heterocycles. The minimum Gasteiger partial charge on any atom is -0.270 e. The minimum atomic E-state index is -0.612. The SMILES string of the molecule is CCC(C(=O)NOCc1ccccc1)n1nnc(-c2ccc(Cl)cc2)n1. The molecule has 1 atom stereocenters. The first-order valence-electron chi connectivity index (χ1n) is 8.18. The molecule has 0 bridgehead atoms. The lowest BCUT2D eigenvalue weighted by Gasteiger charge is -2.13. The van der Waals surface area contributed by atoms with Crippen LogP contribution < -0.4 is 5.48 Å². The molecule has 0 fully saturated rings. The van der Waals surface area contributed by atoms with Gasteiger partial charge in [-0.25, -0.2) is 5.48 Å². The smallest absolute Gasteiger partial charge is 0.270 e. The molecule has 0 saturated heterocycles. The number of tetrazole rings is 1. The summed E-state index contributed by atoms with van der Waals surface area (Å²) < 4.78 is 0. The maximum atomic E-state index is 12.4. The summed E-state index contributed by atoms with van der Waals surface area (Å²) in [6.07, 6.45) is 0.497. The number of hydrogen-bond donors (Lipinski definition) is 1. The number of rotatable bonds is 7. The van der Waals surface area contributed by atoms with Crippen molar-refractivity contribution in [1.82, 2.24) is 25.7 Å². The topological polar surface area (TPSA) is 81.9 Å². The van der Waals surface area contributed by atoms with E-state index >= 15 is 0 Å². The van der Waals surface area contributed by atoms with Crippen LogP contribution in [-0.4, -0.2) is 26.1 Å². The Morgan fingerprint density at radius 2 is 1.92 bits per heavy atom. The zero-order valence-corrected chi connectivity index (χ0v) is 14.9. The Morgan fingerprint density at radius 1 is 1.19 bits per heavy atom. The van der Waals surface area contributed by atoms with E-state index in [1.807, 2.05) is 37.3 Å². The second kappa shape index (κ2) is 8.55. The van der Waals surface area contributed by atoms with Crippen molar-refractivity contribution in [2.45, 2.75) is 26.0 Å². The van der Waals surface area contributed by atoms with Crippen LogP contribution in [0.1, 0.15) is 24.9 Å². The van der Waals surface area contributed by atoms with Crippen LogP contribution in [0.3, 0.4) is 0 Å². The van der Waals surface area contributed by atoms with E-state index in [9.17, 15) is 4.79 Å². The Balaban J connectivity index is 1.62. The normalized spacial score (nSPS) is 11.9. The highest BCUT2D eigenvalue weighted by Gasteiger charge is 2.22. The van der Waals surface area contributed by atoms with Gasteiger partial charge < -0.3 is 0 Å². The predicted octanol–water partition coefficient (Wildman–Crippen LogP) is 3.19. The fourth-order valence-electron chi connectivity index (χ4n) is 2.36. The van der Waals surface area contributed by atoms with Crippen LogP contribution in [0.25, 0.3) is 11.4 Å². The number of nitrogens with one attached hydrogen (secondary N) is 1. The highest BCUT2D eigenvalue weighted by atomic mass is 35.5. The van der Waals surface area contributed by atoms with Gasteiger partial charge in [-0.15, -0.1) is 10.2 Å². The van der Waals surface area contributed by atoms with Crippen LogP contribution in [0.15, 0.2) is 54.6 Å². The van der Waals surface area contributed by atoms with Gasteiger partial charge in [0, 0.05) is 10.6 Å². The highest BCUT2D eigenvalue weighted by Crippen LogP contribution is 2.18. The van der Waals surface area contributed by atoms with Gasteiger partial charge in [0.05, 0.1) is 6.61 Å². The third-order valence-electron chi connectivity index (χ3n) is 3.75. The van der Waals surface area contributed by atoms with Crippen molar-refractivity contribution in [3.8, 4) is 11.4 Å². The van der Waals surface area contributed by atoms with Crippen LogP contribution >= 0.6 is 11.6 Å². The van der Waals surface area contributed by atoms with Crippen LogP contribution in [-0.2, 0) is 16.2 Å². The van der Waals surface area contributed by atoms with Gasteiger partial charge in [0.15, 0.2) is 6.04 Å². The molecular weight excluding hydrogens is 354 g/mol. The molecule has 1 N–H and O–H groups in total. The molecule has 3 aromatic rings. The Kier molecular flexibility index (Phi) is 5.93. The average molecular weight is 372 g/mol. The van der Waals surface area contributed by atoms with E-state index in [-0.39, 0.29) is 12.5 Å². The van der Waals surface area contributed by atoms with Crippen molar-refractivity contribution in [2.24, 2.45) is 0 Å². The summed E-state index contributed by atoms with van der Waals surface area (Å²) in [5.41, 5.74) is 4.19. The second-order valence-corrected chi connectivity index (χ2v) is 6.04. The van der Waals surface area contributed by atoms with Crippen LogP contribution in [0.4, 0.5) is 0 Å². The van der Waals surface area contributed by atoms with Gasteiger partial charge in [0.1, 0.15) is 0 Å². The third-order valence-corrected chi connectivity index (χ3v) is 4.01. The number of amides is 1. The molecule has 1 unspecified atom stereocenters. The van der Waals surface area contributed by atoms with Crippen molar-refractivity contribution in [1.29, 1.82) is 0 Å². The molecule has 1 aromatic heterocycles. The number of carbonyl (C=O) groups is 1. The predicted molar refractivity (Wildman–Crippen MR) is 97.0 cm³/mol. The Morgan fingerprint density at radius 3 is 2.62 bits per heavy atom. The lowest BCUT2D eigenvalue weighted by Crippen LogP contribution is -2.33. The molecule has 1 amide bonds. The molecule has 7 nitrogen and oxygen atoms in total. The van der Waals surface area contributed by atoms with Gasteiger partial charge >= 0.3 is 0 Å². The molecule has 8 heteroatoms. The Bertz CT molecular complexity index is 852. The maximum absolute atomic E-state index is 12.4. The third kappa shape index (κ3) is 4.44. The molecular formula is C18H18ClN5O2. The van der Waals surface area contributed by atoms with E-state index in [0.717, 1.165) is 11.1 Å². The van der Waals surface area contributed by atoms with E-state index in [2.05, 4.69) is 20.9 Å². The van der Waals surface area contributed by atoms with E-state index < -0.39 is 6.04 Å². The van der Waals surface area contributed by atoms with Gasteiger partial charge in [-0.2, -0.15) is 4.80 Å². The molecule has 0 saturated carbocycles. The summed E-state index contributed by atoms with van der Waals surface area (Å²) in [5.74, 6) is 0.0987. The van der Waals surface area contributed by atoms with Gasteiger partial charge in [-0.05, 0) is 41.5 Å². The van der Waals surface area contributed by atoms with Gasteiger partial charge in [0.25, 0.3) is 5.91 Å². The number of aromatic nitrogens is 4. The van der Waals surface area contributed by atoms with Crippen LogP contribution in [0, 0.1) is 0 Å². The van der Waals surface area contributed by atoms with Crippen molar-refractivity contribution in [3.05, 3.63) is 65.2 Å². The summed E-state index contributed by atoms with van der Waals surface area (Å²) in [5, 5.41) is 12.9. The number of nitrogens with zero attached hydrogens (tertiary/aromatic N) is 4. The van der Waals surface area contributed by atoms with Crippen molar-refractivity contribution in [2.75, 3.05) is 0 Å². The number of hydroxylamine groups is 1. The largest absolute Gasteiger partial charge is 0.270 e. The summed E-state index contributed by atoms with van der Waals surface area (Å²) in [6.45, 7) is 2.15. The molecule has 26 heavy (non-hydrogen) atoms. The Labute approximate surface area is 155 Å². The Hall–Kier alpha value is -2.77. The lowest BCUT2D eigenvalue weighted by atomic mass is 10.2. The fraction of sp³-hybridized carbons (Fsp3) is 0.222. The quantitative estimate of drug-likeness (QED) is 0.645. The van der Waals surface area contributed by atoms with Crippen molar-refractivity contribution in [3.63, 3.8) is 0 Å². The number of benzene rings is 2. The maximum Gasteiger partial charge on any atom is 0.270 e. The average Bonchev–Trinajstić information content (AvgIpc) is 3.13. The molecule has 2 aromatic carbocycles. The standard InChI is InChI=1S/C18H18ClN5O2/c1-2-16(18(25)22-26-12-13-6-4-3-5-7-13)24-21-17(20-23-24)14-8-10-15(19)11-9-14/h3-11,16H,2,12H2,1H3,(H,22,25). The number of halogens is 1. The number of hydrogen-bond acceptors (Lipinski definition) is 5. The van der Waals surface area contributed by atoms with Crippen LogP contribution in [0.2, 0.25) is 5.02 Å². The van der Waals surface area contributed by atoms with Crippen molar-refractivity contribution < 1.29 is 9.63 Å². The number of carbonyl (C=O) groups excluding carboxylic acids is 1. The zero-order chi connectivity index (χ0) is 18.4. The summed E-state index contributed by atoms with van der Waals surface area (Å²) in [4.78, 5) is 19.0. The van der Waals surface area contributed by atoms with E-state index in [0.29, 0.717) is 17.3 Å². The van der Waals surface area contributed by atoms with Crippen molar-refractivity contribution >= 4 is 17.5 Å². The molecule has 0 aliphatic carbocycles. The van der Waals surface area contributed by atoms with Gasteiger partial charge in [-0.1, -0.05) is 48.9 Å². The fourth-order valence-corrected chi connectivity index (χ4v) is 2.48. The summed E-state index contributed by atoms with van der Waals surface area (Å²) in [6, 6.07) is 16.1. The molecule has 0 spiro atoms. The summed E-state index contributed by atoms with van der Waals surface area (Å²) >= 11 is 5.88. The second-order valence-electron chi connectivity index (χ2n) is 5.60. The zero-order valence-electron chi connectivity index (χ0n) is 14.2. The lowest BCUT2D eigenvalue weighted by molar-refractivity contribution is -0.138. The monoisotopic (exact) mass is 371 g/mol. The molecule has 0 aliphatic rings.